The monoisotopic (exact) mass is 288 g/mol. The zero-order chi connectivity index (χ0) is 15.8. The molecule has 0 saturated carbocycles. The number of halogens is 3. The number of benzene rings is 1. The van der Waals surface area contributed by atoms with Gasteiger partial charge in [-0.15, -0.1) is 0 Å². The van der Waals surface area contributed by atoms with Crippen LogP contribution in [-0.2, 0) is 11.0 Å². The van der Waals surface area contributed by atoms with Gasteiger partial charge in [-0.25, -0.2) is 4.79 Å². The number of carboxylic acid groups (broad SMARTS) is 1. The number of nitrogens with zero attached hydrogens (tertiary/aromatic N) is 1. The van der Waals surface area contributed by atoms with Crippen LogP contribution >= 0.6 is 0 Å². The minimum Gasteiger partial charge on any atom is -0.477 e. The molecule has 0 saturated heterocycles. The molecule has 5 nitrogen and oxygen atoms in total. The van der Waals surface area contributed by atoms with Gasteiger partial charge < -0.3 is 15.9 Å². The van der Waals surface area contributed by atoms with Crippen LogP contribution in [-0.4, -0.2) is 22.8 Å². The molecule has 0 amide bonds. The molecule has 8 heteroatoms. The molecule has 0 heterocycles. The number of carboxylic acids is 1. The van der Waals surface area contributed by atoms with Crippen LogP contribution in [0.3, 0.4) is 0 Å². The number of nitriles is 1. The van der Waals surface area contributed by atoms with Gasteiger partial charge in [-0.3, -0.25) is 0 Å². The summed E-state index contributed by atoms with van der Waals surface area (Å²) in [5.74, 6) is -1.31. The molecule has 0 atom stereocenters. The van der Waals surface area contributed by atoms with Crippen LogP contribution in [0.4, 0.5) is 18.9 Å². The Morgan fingerprint density at radius 1 is 1.45 bits per heavy atom. The topological polar surface area (TPSA) is 107 Å². The number of alkyl halides is 3. The van der Waals surface area contributed by atoms with Crippen molar-refractivity contribution in [3.8, 4) is 6.07 Å². The zero-order valence-electron chi connectivity index (χ0n) is 10.1. The minimum absolute atomic E-state index is 0.125. The van der Waals surface area contributed by atoms with Gasteiger partial charge in [-0.1, -0.05) is 6.07 Å². The van der Waals surface area contributed by atoms with E-state index in [2.05, 4.69) is 0 Å². The highest BCUT2D eigenvalue weighted by Gasteiger charge is 2.30. The number of hydrogen-bond acceptors (Lipinski definition) is 4. The van der Waals surface area contributed by atoms with Crippen LogP contribution in [0.2, 0.25) is 0 Å². The van der Waals surface area contributed by atoms with Gasteiger partial charge >= 0.3 is 12.1 Å². The van der Waals surface area contributed by atoms with Crippen LogP contribution in [0.5, 0.6) is 0 Å². The van der Waals surface area contributed by atoms with Gasteiger partial charge in [-0.05, 0) is 24.3 Å². The quantitative estimate of drug-likeness (QED) is 0.437. The molecule has 0 fully saturated rings. The van der Waals surface area contributed by atoms with Crippen LogP contribution in [0.1, 0.15) is 5.56 Å². The third-order valence-electron chi connectivity index (χ3n) is 1.86. The second-order valence-corrected chi connectivity index (χ2v) is 3.34. The molecule has 0 aliphatic heterocycles. The molecule has 0 spiro atoms. The average molecular weight is 288 g/mol. The Hall–Kier alpha value is -2.53. The Labute approximate surface area is 112 Å². The maximum atomic E-state index is 11.9. The van der Waals surface area contributed by atoms with Gasteiger partial charge in [0.15, 0.2) is 0 Å². The Bertz CT molecular complexity index is 533. The normalized spacial score (nSPS) is 11.1. The van der Waals surface area contributed by atoms with Crippen LogP contribution in [0.25, 0.3) is 0 Å². The molecule has 0 unspecified atom stereocenters. The molecule has 1 aromatic carbocycles. The van der Waals surface area contributed by atoms with Gasteiger partial charge in [0.05, 0.1) is 12.2 Å². The number of nitrogens with two attached hydrogens (primary N) is 1. The number of aliphatic hydroxyl groups is 1. The maximum Gasteiger partial charge on any atom is 0.416 e. The van der Waals surface area contributed by atoms with Crippen LogP contribution < -0.4 is 5.73 Å². The molecule has 0 aromatic heterocycles. The lowest BCUT2D eigenvalue weighted by Crippen LogP contribution is -2.04. The molecule has 108 valence electrons. The van der Waals surface area contributed by atoms with E-state index in [4.69, 9.17) is 21.2 Å². The van der Waals surface area contributed by atoms with Gasteiger partial charge in [0.2, 0.25) is 0 Å². The highest BCUT2D eigenvalue weighted by Crippen LogP contribution is 2.29. The lowest BCUT2D eigenvalue weighted by atomic mass is 10.2. The Morgan fingerprint density at radius 2 is 2.05 bits per heavy atom. The van der Waals surface area contributed by atoms with Crippen molar-refractivity contribution in [3.05, 3.63) is 41.5 Å². The number of aliphatic carboxylic acids is 1. The standard InChI is InChI=1S/C7H6F3N.C5H5NO3/c8-7(9,10)5-2-1-3-6(11)4-5;6-3-4(1-2-7)5(8)9/h1-4H,11H2;1,7H,2H2,(H,8,9). The van der Waals surface area contributed by atoms with Gasteiger partial charge in [0.1, 0.15) is 11.6 Å². The SMILES string of the molecule is N#CC(=CCO)C(=O)O.Nc1cccc(C(F)(F)F)c1. The van der Waals surface area contributed by atoms with E-state index in [9.17, 15) is 18.0 Å². The second kappa shape index (κ2) is 7.81. The first-order valence-electron chi connectivity index (χ1n) is 5.09. The van der Waals surface area contributed by atoms with Gasteiger partial charge in [0.25, 0.3) is 0 Å². The van der Waals surface area contributed by atoms with Crippen molar-refractivity contribution in [1.29, 1.82) is 5.26 Å². The number of hydrogen-bond donors (Lipinski definition) is 3. The molecule has 4 N–H and O–H groups in total. The molecule has 1 aromatic rings. The number of carbonyl (C=O) groups is 1. The maximum absolute atomic E-state index is 11.9. The summed E-state index contributed by atoms with van der Waals surface area (Å²) in [6.07, 6.45) is -3.36. The van der Waals surface area contributed by atoms with E-state index >= 15 is 0 Å². The number of rotatable bonds is 2. The Kier molecular flexibility index (Phi) is 6.82. The van der Waals surface area contributed by atoms with Crippen molar-refractivity contribution in [2.24, 2.45) is 0 Å². The highest BCUT2D eigenvalue weighted by molar-refractivity contribution is 5.90. The predicted octanol–water partition coefficient (Wildman–Crippen LogP) is 1.80. The van der Waals surface area contributed by atoms with E-state index in [1.54, 1.807) is 0 Å². The van der Waals surface area contributed by atoms with Crippen LogP contribution in [0, 0.1) is 11.3 Å². The van der Waals surface area contributed by atoms with E-state index in [0.29, 0.717) is 0 Å². The van der Waals surface area contributed by atoms with E-state index in [-0.39, 0.29) is 5.69 Å². The average Bonchev–Trinajstić information content (AvgIpc) is 2.35. The van der Waals surface area contributed by atoms with Crippen molar-refractivity contribution in [2.75, 3.05) is 12.3 Å². The molecule has 1 rings (SSSR count). The van der Waals surface area contributed by atoms with E-state index in [1.807, 2.05) is 0 Å². The fraction of sp³-hybridized carbons (Fsp3) is 0.167. The molecule has 0 aliphatic carbocycles. The first-order chi connectivity index (χ1) is 9.22. The Balaban J connectivity index is 0.000000370. The summed E-state index contributed by atoms with van der Waals surface area (Å²) in [6, 6.07) is 5.98. The second-order valence-electron chi connectivity index (χ2n) is 3.34. The predicted molar refractivity (Wildman–Crippen MR) is 64.3 cm³/mol. The van der Waals surface area contributed by atoms with Gasteiger partial charge in [-0.2, -0.15) is 18.4 Å². The van der Waals surface area contributed by atoms with Crippen molar-refractivity contribution in [1.82, 2.24) is 0 Å². The highest BCUT2D eigenvalue weighted by atomic mass is 19.4. The summed E-state index contributed by atoms with van der Waals surface area (Å²) < 4.78 is 35.7. The van der Waals surface area contributed by atoms with E-state index < -0.39 is 29.9 Å². The molecular formula is C12H11F3N2O3. The first kappa shape index (κ1) is 17.5. The zero-order valence-corrected chi connectivity index (χ0v) is 10.1. The van der Waals surface area contributed by atoms with Crippen LogP contribution in [0.15, 0.2) is 35.9 Å². The third-order valence-corrected chi connectivity index (χ3v) is 1.86. The summed E-state index contributed by atoms with van der Waals surface area (Å²) in [5.41, 5.74) is 4.14. The van der Waals surface area contributed by atoms with Crippen molar-refractivity contribution in [3.63, 3.8) is 0 Å². The van der Waals surface area contributed by atoms with Crippen molar-refractivity contribution >= 4 is 11.7 Å². The summed E-state index contributed by atoms with van der Waals surface area (Å²) in [5, 5.41) is 24.2. The molecular weight excluding hydrogens is 277 g/mol. The lowest BCUT2D eigenvalue weighted by molar-refractivity contribution is -0.137. The third kappa shape index (κ3) is 6.42. The summed E-state index contributed by atoms with van der Waals surface area (Å²) >= 11 is 0. The Morgan fingerprint density at radius 3 is 2.30 bits per heavy atom. The first-order valence-corrected chi connectivity index (χ1v) is 5.09. The number of anilines is 1. The van der Waals surface area contributed by atoms with Gasteiger partial charge in [0, 0.05) is 5.69 Å². The van der Waals surface area contributed by atoms with E-state index in [1.165, 1.54) is 18.2 Å². The lowest BCUT2D eigenvalue weighted by Gasteiger charge is -2.05. The number of aliphatic hydroxyl groups excluding tert-OH is 1. The summed E-state index contributed by atoms with van der Waals surface area (Å²) in [6.45, 7) is -0.421. The molecule has 0 bridgehead atoms. The minimum atomic E-state index is -4.30. The molecule has 0 aliphatic rings. The summed E-state index contributed by atoms with van der Waals surface area (Å²) in [4.78, 5) is 9.92. The number of nitrogen functional groups attached to an aromatic ring is 1. The molecule has 20 heavy (non-hydrogen) atoms. The smallest absolute Gasteiger partial charge is 0.416 e. The molecule has 0 radical (unpaired) electrons. The van der Waals surface area contributed by atoms with Crippen molar-refractivity contribution in [2.45, 2.75) is 6.18 Å². The van der Waals surface area contributed by atoms with E-state index in [0.717, 1.165) is 18.2 Å². The fourth-order valence-corrected chi connectivity index (χ4v) is 0.987. The largest absolute Gasteiger partial charge is 0.477 e. The fourth-order valence-electron chi connectivity index (χ4n) is 0.987. The summed E-state index contributed by atoms with van der Waals surface area (Å²) in [7, 11) is 0. The van der Waals surface area contributed by atoms with Crippen molar-refractivity contribution < 1.29 is 28.2 Å².